The minimum absolute atomic E-state index is 0.0629. The van der Waals surface area contributed by atoms with Gasteiger partial charge < -0.3 is 10.6 Å². The molecule has 11 nitrogen and oxygen atoms in total. The molecule has 0 fully saturated rings. The second-order valence-electron chi connectivity index (χ2n) is 8.49. The van der Waals surface area contributed by atoms with Crippen molar-refractivity contribution in [2.45, 2.75) is 21.9 Å². The van der Waals surface area contributed by atoms with Crippen molar-refractivity contribution in [3.8, 4) is 5.75 Å². The van der Waals surface area contributed by atoms with Gasteiger partial charge in [0, 0.05) is 15.8 Å². The Hall–Kier alpha value is -3.92. The number of carbonyl (C=O) groups is 1. The maximum Gasteiger partial charge on any atom is 0.264 e. The molecule has 2 aromatic heterocycles. The number of amides is 1. The van der Waals surface area contributed by atoms with Crippen LogP contribution in [0.25, 0.3) is 0 Å². The number of rotatable bonds is 13. The second-order valence-corrected chi connectivity index (χ2v) is 12.5. The molecule has 2 heterocycles. The second kappa shape index (κ2) is 14.8. The van der Waals surface area contributed by atoms with Gasteiger partial charge in [0.25, 0.3) is 5.95 Å². The third kappa shape index (κ3) is 8.55. The molecule has 5 aromatic rings. The fourth-order valence-corrected chi connectivity index (χ4v) is 6.27. The minimum Gasteiger partial charge on any atom is -0.488 e. The van der Waals surface area contributed by atoms with Crippen molar-refractivity contribution in [2.75, 3.05) is 22.3 Å². The molecule has 0 saturated carbocycles. The van der Waals surface area contributed by atoms with E-state index in [0.29, 0.717) is 22.6 Å². The highest BCUT2D eigenvalue weighted by Crippen LogP contribution is 2.28. The molecule has 1 amide bonds. The molecule has 0 aliphatic rings. The quantitative estimate of drug-likeness (QED) is 0.0468. The van der Waals surface area contributed by atoms with Crippen LogP contribution < -0.4 is 21.3 Å². The van der Waals surface area contributed by atoms with Crippen LogP contribution in [0, 0.1) is 0 Å². The van der Waals surface area contributed by atoms with E-state index in [0.717, 1.165) is 37.5 Å². The van der Waals surface area contributed by atoms with E-state index in [2.05, 4.69) is 64.3 Å². The number of nitrogen functional groups attached to an aromatic ring is 1. The number of ether oxygens (including phenoxy) is 1. The number of nitrogens with zero attached hydrogens (tertiary/aromatic N) is 6. The average Bonchev–Trinajstić information content (AvgIpc) is 3.60. The van der Waals surface area contributed by atoms with E-state index < -0.39 is 0 Å². The van der Waals surface area contributed by atoms with Gasteiger partial charge in [-0.3, -0.25) is 10.1 Å². The lowest BCUT2D eigenvalue weighted by Gasteiger charge is -2.09. The minimum atomic E-state index is -0.259. The molecule has 0 spiro atoms. The van der Waals surface area contributed by atoms with Crippen LogP contribution in [0.1, 0.15) is 16.7 Å². The van der Waals surface area contributed by atoms with Crippen LogP contribution in [0.2, 0.25) is 0 Å². The SMILES string of the molecule is Nn1c(N/N=C/c2ccccc2OCc2cccc(Br)c2)nnc1SCC(=O)Nc1nnc(SCc2ccccc2)s1. The van der Waals surface area contributed by atoms with Crippen LogP contribution in [0.5, 0.6) is 5.75 Å². The number of hydrogen-bond donors (Lipinski definition) is 3. The summed E-state index contributed by atoms with van der Waals surface area (Å²) >= 11 is 7.50. The van der Waals surface area contributed by atoms with Gasteiger partial charge in [-0.05, 0) is 35.4 Å². The summed E-state index contributed by atoms with van der Waals surface area (Å²) < 4.78 is 8.99. The summed E-state index contributed by atoms with van der Waals surface area (Å²) in [6.07, 6.45) is 1.61. The van der Waals surface area contributed by atoms with E-state index in [1.54, 1.807) is 18.0 Å². The molecule has 0 aliphatic carbocycles. The first-order valence-electron chi connectivity index (χ1n) is 12.4. The van der Waals surface area contributed by atoms with Crippen molar-refractivity contribution < 1.29 is 9.53 Å². The third-order valence-electron chi connectivity index (χ3n) is 5.43. The van der Waals surface area contributed by atoms with Crippen molar-refractivity contribution in [1.29, 1.82) is 0 Å². The maximum atomic E-state index is 12.5. The Balaban J connectivity index is 1.09. The van der Waals surface area contributed by atoms with Crippen LogP contribution >= 0.6 is 50.8 Å². The van der Waals surface area contributed by atoms with Crippen LogP contribution in [-0.4, -0.2) is 42.9 Å². The Labute approximate surface area is 262 Å². The summed E-state index contributed by atoms with van der Waals surface area (Å²) in [7, 11) is 0. The Morgan fingerprint density at radius 2 is 1.81 bits per heavy atom. The van der Waals surface area contributed by atoms with Crippen molar-refractivity contribution >= 4 is 74.0 Å². The predicted octanol–water partition coefficient (Wildman–Crippen LogP) is 5.65. The van der Waals surface area contributed by atoms with Gasteiger partial charge in [-0.15, -0.1) is 20.4 Å². The molecule has 0 bridgehead atoms. The van der Waals surface area contributed by atoms with Gasteiger partial charge in [-0.1, -0.05) is 105 Å². The van der Waals surface area contributed by atoms with Crippen molar-refractivity contribution in [2.24, 2.45) is 5.10 Å². The first-order valence-corrected chi connectivity index (χ1v) is 16.0. The molecule has 0 aliphatic heterocycles. The lowest BCUT2D eigenvalue weighted by Crippen LogP contribution is -2.16. The number of para-hydroxylation sites is 1. The van der Waals surface area contributed by atoms with Gasteiger partial charge in [0.1, 0.15) is 12.4 Å². The number of thioether (sulfide) groups is 2. The van der Waals surface area contributed by atoms with E-state index >= 15 is 0 Å². The monoisotopic (exact) mass is 681 g/mol. The van der Waals surface area contributed by atoms with Crippen LogP contribution in [0.4, 0.5) is 11.1 Å². The van der Waals surface area contributed by atoms with E-state index in [9.17, 15) is 4.79 Å². The van der Waals surface area contributed by atoms with Gasteiger partial charge in [0.2, 0.25) is 16.2 Å². The molecule has 5 rings (SSSR count). The van der Waals surface area contributed by atoms with Crippen molar-refractivity contribution in [3.63, 3.8) is 0 Å². The van der Waals surface area contributed by atoms with Gasteiger partial charge in [0.15, 0.2) is 4.34 Å². The van der Waals surface area contributed by atoms with E-state index in [1.807, 2.05) is 66.7 Å². The Kier molecular flexibility index (Phi) is 10.4. The number of carbonyl (C=O) groups excluding carboxylic acids is 1. The predicted molar refractivity (Wildman–Crippen MR) is 172 cm³/mol. The lowest BCUT2D eigenvalue weighted by molar-refractivity contribution is -0.113. The lowest BCUT2D eigenvalue weighted by atomic mass is 10.2. The number of hydrazone groups is 1. The summed E-state index contributed by atoms with van der Waals surface area (Å²) in [5.74, 6) is 7.58. The van der Waals surface area contributed by atoms with Crippen LogP contribution in [0.15, 0.2) is 97.9 Å². The summed E-state index contributed by atoms with van der Waals surface area (Å²) in [5.41, 5.74) is 5.78. The molecule has 214 valence electrons. The molecule has 4 N–H and O–H groups in total. The average molecular weight is 683 g/mol. The Morgan fingerprint density at radius 3 is 2.67 bits per heavy atom. The number of halogens is 1. The number of nitrogens with two attached hydrogens (primary N) is 1. The number of benzene rings is 3. The van der Waals surface area contributed by atoms with E-state index in [4.69, 9.17) is 10.6 Å². The number of hydrogen-bond acceptors (Lipinski definition) is 12. The molecule has 0 unspecified atom stereocenters. The zero-order valence-electron chi connectivity index (χ0n) is 21.9. The highest BCUT2D eigenvalue weighted by Gasteiger charge is 2.14. The first kappa shape index (κ1) is 29.6. The molecule has 0 atom stereocenters. The smallest absolute Gasteiger partial charge is 0.264 e. The zero-order valence-corrected chi connectivity index (χ0v) is 25.9. The van der Waals surface area contributed by atoms with E-state index in [-0.39, 0.29) is 17.6 Å². The molecule has 0 saturated heterocycles. The summed E-state index contributed by atoms with van der Waals surface area (Å²) in [5, 5.41) is 24.0. The molecule has 0 radical (unpaired) electrons. The molecule has 3 aromatic carbocycles. The van der Waals surface area contributed by atoms with Gasteiger partial charge in [0.05, 0.1) is 12.0 Å². The van der Waals surface area contributed by atoms with Crippen molar-refractivity contribution in [1.82, 2.24) is 25.1 Å². The normalized spacial score (nSPS) is 11.1. The molecular weight excluding hydrogens is 658 g/mol. The molecule has 42 heavy (non-hydrogen) atoms. The topological polar surface area (TPSA) is 145 Å². The first-order chi connectivity index (χ1) is 20.5. The number of aromatic nitrogens is 5. The molecule has 15 heteroatoms. The highest BCUT2D eigenvalue weighted by molar-refractivity contribution is 9.10. The summed E-state index contributed by atoms with van der Waals surface area (Å²) in [6.45, 7) is 0.413. The standard InChI is InChI=1S/C27H24BrN9O2S3/c28-21-11-6-9-19(13-21)15-39-22-12-5-4-10-20(22)14-30-32-24-33-35-26(37(24)29)40-17-23(38)31-25-34-36-27(42-25)41-16-18-7-2-1-3-8-18/h1-14H,15-17,29H2,(H,32,33)(H,31,34,38)/b30-14+. The summed E-state index contributed by atoms with van der Waals surface area (Å²) in [4.78, 5) is 12.5. The largest absolute Gasteiger partial charge is 0.488 e. The highest BCUT2D eigenvalue weighted by atomic mass is 79.9. The fourth-order valence-electron chi connectivity index (χ4n) is 3.44. The Bertz CT molecular complexity index is 1660. The van der Waals surface area contributed by atoms with Gasteiger partial charge in [-0.25, -0.2) is 10.1 Å². The number of nitrogens with one attached hydrogen (secondary N) is 2. The Morgan fingerprint density at radius 1 is 1.00 bits per heavy atom. The van der Waals surface area contributed by atoms with Gasteiger partial charge in [-0.2, -0.15) is 5.10 Å². The summed E-state index contributed by atoms with van der Waals surface area (Å²) in [6, 6.07) is 25.6. The van der Waals surface area contributed by atoms with Crippen LogP contribution in [0.3, 0.4) is 0 Å². The maximum absolute atomic E-state index is 12.5. The van der Waals surface area contributed by atoms with E-state index in [1.165, 1.54) is 21.6 Å². The van der Waals surface area contributed by atoms with Crippen molar-refractivity contribution in [3.05, 3.63) is 100 Å². The zero-order chi connectivity index (χ0) is 29.1. The van der Waals surface area contributed by atoms with Crippen LogP contribution in [-0.2, 0) is 17.2 Å². The van der Waals surface area contributed by atoms with Gasteiger partial charge >= 0.3 is 0 Å². The number of anilines is 2. The molecular formula is C27H24BrN9O2S3. The fraction of sp³-hybridized carbons (Fsp3) is 0.111. The third-order valence-corrected chi connectivity index (χ3v) is 8.90.